The van der Waals surface area contributed by atoms with Crippen molar-refractivity contribution >= 4 is 23.4 Å². The zero-order chi connectivity index (χ0) is 12.3. The standard InChI is InChI=1S/C13H13ClO2S/c1-9(15)10-4-5-13(12(14)7-10)17-8-11-3-2-6-16-11/h2-7,9,15H,8H2,1H3/t9-/m1/s1. The minimum Gasteiger partial charge on any atom is -0.468 e. The lowest BCUT2D eigenvalue weighted by Gasteiger charge is -2.08. The molecule has 1 heterocycles. The number of aliphatic hydroxyl groups excluding tert-OH is 1. The molecule has 4 heteroatoms. The molecule has 1 aromatic heterocycles. The van der Waals surface area contributed by atoms with Gasteiger partial charge >= 0.3 is 0 Å². The van der Waals surface area contributed by atoms with Crippen molar-refractivity contribution in [3.8, 4) is 0 Å². The van der Waals surface area contributed by atoms with E-state index < -0.39 is 6.10 Å². The van der Waals surface area contributed by atoms with Crippen LogP contribution in [0.15, 0.2) is 45.9 Å². The zero-order valence-electron chi connectivity index (χ0n) is 9.39. The fourth-order valence-corrected chi connectivity index (χ4v) is 2.61. The lowest BCUT2D eigenvalue weighted by atomic mass is 10.1. The molecule has 0 bridgehead atoms. The Kier molecular flexibility index (Phi) is 4.15. The monoisotopic (exact) mass is 268 g/mol. The van der Waals surface area contributed by atoms with Gasteiger partial charge in [-0.3, -0.25) is 0 Å². The van der Waals surface area contributed by atoms with E-state index >= 15 is 0 Å². The quantitative estimate of drug-likeness (QED) is 0.841. The molecule has 0 spiro atoms. The summed E-state index contributed by atoms with van der Waals surface area (Å²) in [5.41, 5.74) is 0.831. The maximum atomic E-state index is 9.44. The van der Waals surface area contributed by atoms with Crippen LogP contribution < -0.4 is 0 Å². The average Bonchev–Trinajstić information content (AvgIpc) is 2.80. The molecule has 0 radical (unpaired) electrons. The molecule has 0 amide bonds. The van der Waals surface area contributed by atoms with Crippen LogP contribution in [0.25, 0.3) is 0 Å². The Hall–Kier alpha value is -0.900. The van der Waals surface area contributed by atoms with E-state index in [1.54, 1.807) is 31.0 Å². The third-order valence-electron chi connectivity index (χ3n) is 2.39. The normalized spacial score (nSPS) is 12.6. The Balaban J connectivity index is 2.06. The number of furan rings is 1. The molecule has 0 fully saturated rings. The summed E-state index contributed by atoms with van der Waals surface area (Å²) in [5, 5.41) is 10.1. The SMILES string of the molecule is C[C@@H](O)c1ccc(SCc2ccco2)c(Cl)c1. The largest absolute Gasteiger partial charge is 0.468 e. The van der Waals surface area contributed by atoms with Gasteiger partial charge in [0.25, 0.3) is 0 Å². The molecule has 1 N–H and O–H groups in total. The van der Waals surface area contributed by atoms with Crippen LogP contribution in [-0.4, -0.2) is 5.11 Å². The van der Waals surface area contributed by atoms with E-state index in [0.29, 0.717) is 5.02 Å². The number of halogens is 1. The Morgan fingerprint density at radius 2 is 2.24 bits per heavy atom. The number of aliphatic hydroxyl groups is 1. The molecule has 17 heavy (non-hydrogen) atoms. The van der Waals surface area contributed by atoms with Crippen molar-refractivity contribution < 1.29 is 9.52 Å². The highest BCUT2D eigenvalue weighted by atomic mass is 35.5. The predicted octanol–water partition coefficient (Wildman–Crippen LogP) is 4.28. The molecule has 2 nitrogen and oxygen atoms in total. The Morgan fingerprint density at radius 3 is 2.82 bits per heavy atom. The summed E-state index contributed by atoms with van der Waals surface area (Å²) in [6.07, 6.45) is 1.17. The first-order valence-electron chi connectivity index (χ1n) is 5.29. The first-order valence-corrected chi connectivity index (χ1v) is 6.66. The van der Waals surface area contributed by atoms with Crippen molar-refractivity contribution in [2.75, 3.05) is 0 Å². The van der Waals surface area contributed by atoms with E-state index in [4.69, 9.17) is 16.0 Å². The van der Waals surface area contributed by atoms with Gasteiger partial charge in [-0.25, -0.2) is 0 Å². The second kappa shape index (κ2) is 5.63. The van der Waals surface area contributed by atoms with Gasteiger partial charge in [0.2, 0.25) is 0 Å². The molecular weight excluding hydrogens is 256 g/mol. The smallest absolute Gasteiger partial charge is 0.113 e. The Morgan fingerprint density at radius 1 is 1.41 bits per heavy atom. The highest BCUT2D eigenvalue weighted by molar-refractivity contribution is 7.98. The lowest BCUT2D eigenvalue weighted by Crippen LogP contribution is -1.90. The van der Waals surface area contributed by atoms with Crippen LogP contribution in [0.1, 0.15) is 24.4 Å². The number of thioether (sulfide) groups is 1. The molecule has 0 aliphatic heterocycles. The molecule has 0 unspecified atom stereocenters. The molecule has 2 rings (SSSR count). The maximum Gasteiger partial charge on any atom is 0.113 e. The van der Waals surface area contributed by atoms with E-state index in [1.807, 2.05) is 24.3 Å². The van der Waals surface area contributed by atoms with Gasteiger partial charge in [-0.15, -0.1) is 11.8 Å². The van der Waals surface area contributed by atoms with Crippen molar-refractivity contribution in [2.24, 2.45) is 0 Å². The molecule has 0 saturated heterocycles. The van der Waals surface area contributed by atoms with E-state index in [1.165, 1.54) is 0 Å². The first kappa shape index (κ1) is 12.6. The molecule has 90 valence electrons. The summed E-state index contributed by atoms with van der Waals surface area (Å²) < 4.78 is 5.25. The second-order valence-electron chi connectivity index (χ2n) is 3.73. The lowest BCUT2D eigenvalue weighted by molar-refractivity contribution is 0.199. The van der Waals surface area contributed by atoms with Crippen LogP contribution >= 0.6 is 23.4 Å². The van der Waals surface area contributed by atoms with Crippen LogP contribution in [0, 0.1) is 0 Å². The van der Waals surface area contributed by atoms with Crippen molar-refractivity contribution in [1.29, 1.82) is 0 Å². The topological polar surface area (TPSA) is 33.4 Å². The summed E-state index contributed by atoms with van der Waals surface area (Å²) in [7, 11) is 0. The van der Waals surface area contributed by atoms with Gasteiger partial charge in [0.1, 0.15) is 5.76 Å². The molecule has 0 aliphatic rings. The van der Waals surface area contributed by atoms with Gasteiger partial charge in [-0.1, -0.05) is 17.7 Å². The number of hydrogen-bond donors (Lipinski definition) is 1. The molecule has 0 saturated carbocycles. The predicted molar refractivity (Wildman–Crippen MR) is 70.4 cm³/mol. The highest BCUT2D eigenvalue weighted by Gasteiger charge is 2.07. The number of benzene rings is 1. The highest BCUT2D eigenvalue weighted by Crippen LogP contribution is 2.31. The molecule has 1 aromatic carbocycles. The van der Waals surface area contributed by atoms with Crippen LogP contribution in [0.5, 0.6) is 0 Å². The van der Waals surface area contributed by atoms with Gasteiger partial charge in [-0.2, -0.15) is 0 Å². The van der Waals surface area contributed by atoms with Crippen LogP contribution in [0.2, 0.25) is 5.02 Å². The van der Waals surface area contributed by atoms with Crippen LogP contribution in [-0.2, 0) is 5.75 Å². The summed E-state index contributed by atoms with van der Waals surface area (Å²) in [4.78, 5) is 0.993. The Labute approximate surface area is 110 Å². The van der Waals surface area contributed by atoms with E-state index in [-0.39, 0.29) is 0 Å². The number of rotatable bonds is 4. The van der Waals surface area contributed by atoms with Gasteiger partial charge in [0.05, 0.1) is 23.1 Å². The second-order valence-corrected chi connectivity index (χ2v) is 5.16. The number of hydrogen-bond acceptors (Lipinski definition) is 3. The molecule has 2 aromatic rings. The maximum absolute atomic E-state index is 9.44. The summed E-state index contributed by atoms with van der Waals surface area (Å²) in [6, 6.07) is 9.43. The summed E-state index contributed by atoms with van der Waals surface area (Å²) >= 11 is 7.77. The van der Waals surface area contributed by atoms with Gasteiger partial charge in [-0.05, 0) is 36.8 Å². The van der Waals surface area contributed by atoms with Crippen LogP contribution in [0.4, 0.5) is 0 Å². The van der Waals surface area contributed by atoms with Crippen molar-refractivity contribution in [3.63, 3.8) is 0 Å². The minimum absolute atomic E-state index is 0.489. The molecule has 1 atom stereocenters. The van der Waals surface area contributed by atoms with Crippen LogP contribution in [0.3, 0.4) is 0 Å². The zero-order valence-corrected chi connectivity index (χ0v) is 11.0. The van der Waals surface area contributed by atoms with Crippen molar-refractivity contribution in [3.05, 3.63) is 52.9 Å². The first-order chi connectivity index (χ1) is 8.16. The van der Waals surface area contributed by atoms with Crippen molar-refractivity contribution in [2.45, 2.75) is 23.7 Å². The fourth-order valence-electron chi connectivity index (χ4n) is 1.44. The third-order valence-corrected chi connectivity index (χ3v) is 3.91. The summed E-state index contributed by atoms with van der Waals surface area (Å²) in [6.45, 7) is 1.72. The van der Waals surface area contributed by atoms with E-state index in [0.717, 1.165) is 22.0 Å². The average molecular weight is 269 g/mol. The molecule has 0 aliphatic carbocycles. The van der Waals surface area contributed by atoms with E-state index in [9.17, 15) is 5.11 Å². The minimum atomic E-state index is -0.489. The molecular formula is C13H13ClO2S. The van der Waals surface area contributed by atoms with Gasteiger partial charge < -0.3 is 9.52 Å². The summed E-state index contributed by atoms with van der Waals surface area (Å²) in [5.74, 6) is 1.67. The Bertz CT molecular complexity index is 480. The van der Waals surface area contributed by atoms with Gasteiger partial charge in [0.15, 0.2) is 0 Å². The van der Waals surface area contributed by atoms with Crippen molar-refractivity contribution in [1.82, 2.24) is 0 Å². The fraction of sp³-hybridized carbons (Fsp3) is 0.231. The third kappa shape index (κ3) is 3.28. The van der Waals surface area contributed by atoms with Gasteiger partial charge in [0, 0.05) is 4.90 Å². The van der Waals surface area contributed by atoms with E-state index in [2.05, 4.69) is 0 Å².